The Morgan fingerprint density at radius 2 is 2.03 bits per heavy atom. The van der Waals surface area contributed by atoms with E-state index in [2.05, 4.69) is 6.92 Å². The SMILES string of the molecule is CCc1sc2nc(SCC(=O)C(C)(C)C)n(-c3cccc(OC)c3)c(=O)c2c1C. The lowest BCUT2D eigenvalue weighted by molar-refractivity contribution is -0.123. The van der Waals surface area contributed by atoms with Crippen molar-refractivity contribution in [3.8, 4) is 11.4 Å². The molecular weight excluding hydrogens is 404 g/mol. The summed E-state index contributed by atoms with van der Waals surface area (Å²) in [6.07, 6.45) is 0.858. The zero-order valence-electron chi connectivity index (χ0n) is 17.7. The molecule has 0 aliphatic carbocycles. The van der Waals surface area contributed by atoms with Gasteiger partial charge in [-0.15, -0.1) is 11.3 Å². The van der Waals surface area contributed by atoms with E-state index in [0.717, 1.165) is 21.7 Å². The van der Waals surface area contributed by atoms with Gasteiger partial charge in [0.2, 0.25) is 0 Å². The summed E-state index contributed by atoms with van der Waals surface area (Å²) in [4.78, 5) is 32.7. The van der Waals surface area contributed by atoms with Crippen LogP contribution in [0, 0.1) is 12.3 Å². The van der Waals surface area contributed by atoms with Gasteiger partial charge in [-0.3, -0.25) is 14.2 Å². The number of carbonyl (C=O) groups excluding carboxylic acids is 1. The number of benzene rings is 1. The lowest BCUT2D eigenvalue weighted by Gasteiger charge is -2.17. The largest absolute Gasteiger partial charge is 0.497 e. The summed E-state index contributed by atoms with van der Waals surface area (Å²) in [5.41, 5.74) is 1.12. The molecular formula is C22H26N2O3S2. The second-order valence-corrected chi connectivity index (χ2v) is 9.91. The minimum atomic E-state index is -0.437. The van der Waals surface area contributed by atoms with Crippen LogP contribution in [0.5, 0.6) is 5.75 Å². The molecule has 3 rings (SSSR count). The lowest BCUT2D eigenvalue weighted by Crippen LogP contribution is -2.24. The van der Waals surface area contributed by atoms with Crippen LogP contribution >= 0.6 is 23.1 Å². The molecule has 0 radical (unpaired) electrons. The molecule has 7 heteroatoms. The maximum absolute atomic E-state index is 13.5. The van der Waals surface area contributed by atoms with Gasteiger partial charge < -0.3 is 4.74 Å². The number of ether oxygens (including phenoxy) is 1. The van der Waals surface area contributed by atoms with Crippen molar-refractivity contribution in [1.82, 2.24) is 9.55 Å². The Hall–Kier alpha value is -2.12. The number of aromatic nitrogens is 2. The van der Waals surface area contributed by atoms with E-state index in [1.165, 1.54) is 11.8 Å². The Labute approximate surface area is 179 Å². The van der Waals surface area contributed by atoms with Gasteiger partial charge in [-0.05, 0) is 31.0 Å². The van der Waals surface area contributed by atoms with E-state index in [4.69, 9.17) is 9.72 Å². The van der Waals surface area contributed by atoms with Crippen molar-refractivity contribution < 1.29 is 9.53 Å². The molecule has 0 spiro atoms. The molecule has 1 aromatic carbocycles. The Morgan fingerprint density at radius 3 is 2.66 bits per heavy atom. The van der Waals surface area contributed by atoms with Gasteiger partial charge in [0.05, 0.1) is 23.9 Å². The highest BCUT2D eigenvalue weighted by Gasteiger charge is 2.24. The molecule has 2 heterocycles. The number of Topliss-reactive ketones (excluding diaryl/α,β-unsaturated/α-hetero) is 1. The number of aryl methyl sites for hydroxylation is 2. The zero-order chi connectivity index (χ0) is 21.3. The van der Waals surface area contributed by atoms with Crippen LogP contribution in [0.25, 0.3) is 15.9 Å². The maximum Gasteiger partial charge on any atom is 0.267 e. The average molecular weight is 431 g/mol. The van der Waals surface area contributed by atoms with Crippen LogP contribution in [-0.2, 0) is 11.2 Å². The van der Waals surface area contributed by atoms with E-state index in [9.17, 15) is 9.59 Å². The van der Waals surface area contributed by atoms with Crippen LogP contribution in [-0.4, -0.2) is 28.2 Å². The van der Waals surface area contributed by atoms with Crippen molar-refractivity contribution in [1.29, 1.82) is 0 Å². The number of thiophene rings is 1. The van der Waals surface area contributed by atoms with Crippen molar-refractivity contribution >= 4 is 39.1 Å². The first kappa shape index (κ1) is 21.6. The van der Waals surface area contributed by atoms with Gasteiger partial charge in [0.1, 0.15) is 16.4 Å². The fraction of sp³-hybridized carbons (Fsp3) is 0.409. The molecule has 0 saturated carbocycles. The van der Waals surface area contributed by atoms with E-state index in [1.54, 1.807) is 23.0 Å². The maximum atomic E-state index is 13.5. The summed E-state index contributed by atoms with van der Waals surface area (Å²) in [7, 11) is 1.59. The molecule has 2 aromatic heterocycles. The molecule has 5 nitrogen and oxygen atoms in total. The number of nitrogens with zero attached hydrogens (tertiary/aromatic N) is 2. The lowest BCUT2D eigenvalue weighted by atomic mass is 9.92. The van der Waals surface area contributed by atoms with Gasteiger partial charge in [0, 0.05) is 16.4 Å². The number of hydrogen-bond acceptors (Lipinski definition) is 6. The van der Waals surface area contributed by atoms with Crippen LogP contribution in [0.2, 0.25) is 0 Å². The number of carbonyl (C=O) groups is 1. The van der Waals surface area contributed by atoms with Gasteiger partial charge in [-0.25, -0.2) is 4.98 Å². The van der Waals surface area contributed by atoms with Crippen molar-refractivity contribution in [2.24, 2.45) is 5.41 Å². The smallest absolute Gasteiger partial charge is 0.267 e. The molecule has 154 valence electrons. The van der Waals surface area contributed by atoms with Crippen molar-refractivity contribution in [2.75, 3.05) is 12.9 Å². The molecule has 3 aromatic rings. The molecule has 0 bridgehead atoms. The molecule has 0 aliphatic rings. The van der Waals surface area contributed by atoms with Crippen molar-refractivity contribution in [3.63, 3.8) is 0 Å². The van der Waals surface area contributed by atoms with E-state index in [-0.39, 0.29) is 17.1 Å². The van der Waals surface area contributed by atoms with Crippen LogP contribution in [0.1, 0.15) is 38.1 Å². The van der Waals surface area contributed by atoms with Crippen LogP contribution < -0.4 is 10.3 Å². The number of ketones is 1. The van der Waals surface area contributed by atoms with Crippen molar-refractivity contribution in [3.05, 3.63) is 45.1 Å². The first-order valence-electron chi connectivity index (χ1n) is 9.53. The Morgan fingerprint density at radius 1 is 1.31 bits per heavy atom. The fourth-order valence-corrected chi connectivity index (χ4v) is 5.30. The molecule has 0 aliphatic heterocycles. The van der Waals surface area contributed by atoms with E-state index in [1.807, 2.05) is 52.0 Å². The van der Waals surface area contributed by atoms with Gasteiger partial charge >= 0.3 is 0 Å². The number of thioether (sulfide) groups is 1. The number of methoxy groups -OCH3 is 1. The summed E-state index contributed by atoms with van der Waals surface area (Å²) >= 11 is 2.87. The third-order valence-corrected chi connectivity index (χ3v) is 7.10. The highest BCUT2D eigenvalue weighted by atomic mass is 32.2. The fourth-order valence-electron chi connectivity index (χ4n) is 2.97. The Kier molecular flexibility index (Phi) is 6.19. The van der Waals surface area contributed by atoms with Gasteiger partial charge in [0.25, 0.3) is 5.56 Å². The number of rotatable bonds is 6. The van der Waals surface area contributed by atoms with Crippen LogP contribution in [0.3, 0.4) is 0 Å². The zero-order valence-corrected chi connectivity index (χ0v) is 19.3. The number of hydrogen-bond donors (Lipinski definition) is 0. The average Bonchev–Trinajstić information content (AvgIpc) is 3.01. The highest BCUT2D eigenvalue weighted by molar-refractivity contribution is 7.99. The van der Waals surface area contributed by atoms with Crippen molar-refractivity contribution in [2.45, 2.75) is 46.2 Å². The summed E-state index contributed by atoms with van der Waals surface area (Å²) in [5.74, 6) is 1.04. The molecule has 29 heavy (non-hydrogen) atoms. The summed E-state index contributed by atoms with van der Waals surface area (Å²) in [6, 6.07) is 7.35. The molecule has 0 fully saturated rings. The van der Waals surface area contributed by atoms with Crippen LogP contribution in [0.4, 0.5) is 0 Å². The second-order valence-electron chi connectivity index (χ2n) is 7.88. The topological polar surface area (TPSA) is 61.2 Å². The highest BCUT2D eigenvalue weighted by Crippen LogP contribution is 2.31. The van der Waals surface area contributed by atoms with Crippen LogP contribution in [0.15, 0.2) is 34.2 Å². The molecule has 0 unspecified atom stereocenters. The monoisotopic (exact) mass is 430 g/mol. The van der Waals surface area contributed by atoms with Gasteiger partial charge in [0.15, 0.2) is 5.16 Å². The normalized spacial score (nSPS) is 11.8. The van der Waals surface area contributed by atoms with E-state index in [0.29, 0.717) is 22.0 Å². The van der Waals surface area contributed by atoms with E-state index < -0.39 is 5.41 Å². The summed E-state index contributed by atoms with van der Waals surface area (Å²) < 4.78 is 6.94. The molecule has 0 N–H and O–H groups in total. The van der Waals surface area contributed by atoms with Gasteiger partial charge in [-0.2, -0.15) is 0 Å². The van der Waals surface area contributed by atoms with E-state index >= 15 is 0 Å². The third-order valence-electron chi connectivity index (χ3n) is 4.83. The molecule has 0 atom stereocenters. The molecule has 0 saturated heterocycles. The summed E-state index contributed by atoms with van der Waals surface area (Å²) in [6.45, 7) is 9.76. The second kappa shape index (κ2) is 8.32. The minimum absolute atomic E-state index is 0.109. The number of fused-ring (bicyclic) bond motifs is 1. The standard InChI is InChI=1S/C22H26N2O3S2/c1-7-16-13(2)18-19(29-16)23-21(28-12-17(25)22(3,4)5)24(20(18)26)14-9-8-10-15(11-14)27-6/h8-11H,7,12H2,1-6H3. The minimum Gasteiger partial charge on any atom is -0.497 e. The first-order valence-corrected chi connectivity index (χ1v) is 11.3. The quantitative estimate of drug-likeness (QED) is 0.405. The predicted molar refractivity (Wildman–Crippen MR) is 121 cm³/mol. The summed E-state index contributed by atoms with van der Waals surface area (Å²) in [5, 5.41) is 1.18. The third kappa shape index (κ3) is 4.26. The first-order chi connectivity index (χ1) is 13.7. The Bertz CT molecular complexity index is 1120. The Balaban J connectivity index is 2.21. The predicted octanol–water partition coefficient (Wildman–Crippen LogP) is 5.03. The molecule has 0 amide bonds. The van der Waals surface area contributed by atoms with Gasteiger partial charge in [-0.1, -0.05) is 45.5 Å².